The smallest absolute Gasteiger partial charge is 0.308 e. The average Bonchev–Trinajstić information content (AvgIpc) is 2.94. The number of benzene rings is 3. The maximum Gasteiger partial charge on any atom is 0.308 e. The standard InChI is InChI=1S/C28H41NO3.C8H6O2/c1-3-4-13-21-29-28(31)18-12-10-8-6-5-7-9-11-15-24-16-14-17-25-22-26(32-23(2)30)19-20-27(24)25;1-5(9)10-8-4-6-2-3-7(6)8/h14,16-17,19-20,22H,3-13,15,18,21H2,1-2H3,(H,29,31);2-4H,1H3. The monoisotopic (exact) mass is 573 g/mol. The second kappa shape index (κ2) is 18.0. The molecular formula is C36H47NO5. The third kappa shape index (κ3) is 11.3. The summed E-state index contributed by atoms with van der Waals surface area (Å²) in [5, 5.41) is 7.66. The first-order valence-electron chi connectivity index (χ1n) is 15.7. The minimum absolute atomic E-state index is 0.220. The topological polar surface area (TPSA) is 81.7 Å². The lowest BCUT2D eigenvalue weighted by atomic mass is 9.98. The number of ether oxygens (including phenoxy) is 2. The van der Waals surface area contributed by atoms with Crippen molar-refractivity contribution in [2.24, 2.45) is 0 Å². The number of hydrogen-bond acceptors (Lipinski definition) is 5. The van der Waals surface area contributed by atoms with Gasteiger partial charge in [0, 0.05) is 32.0 Å². The van der Waals surface area contributed by atoms with Gasteiger partial charge in [0.1, 0.15) is 11.5 Å². The predicted octanol–water partition coefficient (Wildman–Crippen LogP) is 8.34. The van der Waals surface area contributed by atoms with Gasteiger partial charge in [-0.25, -0.2) is 0 Å². The molecule has 226 valence electrons. The summed E-state index contributed by atoms with van der Waals surface area (Å²) in [6, 6.07) is 18.0. The number of aryl methyl sites for hydroxylation is 1. The highest BCUT2D eigenvalue weighted by Crippen LogP contribution is 2.26. The van der Waals surface area contributed by atoms with Gasteiger partial charge in [-0.3, -0.25) is 14.4 Å². The Kier molecular flexibility index (Phi) is 14.1. The fourth-order valence-electron chi connectivity index (χ4n) is 5.12. The molecule has 0 aliphatic heterocycles. The van der Waals surface area contributed by atoms with Gasteiger partial charge in [0.05, 0.1) is 0 Å². The Hall–Kier alpha value is -3.67. The molecule has 2 aromatic carbocycles. The van der Waals surface area contributed by atoms with E-state index in [4.69, 9.17) is 9.47 Å². The van der Waals surface area contributed by atoms with Crippen LogP contribution in [0.4, 0.5) is 0 Å². The van der Waals surface area contributed by atoms with Gasteiger partial charge < -0.3 is 14.8 Å². The molecule has 1 amide bonds. The van der Waals surface area contributed by atoms with Gasteiger partial charge in [-0.15, -0.1) is 0 Å². The molecule has 0 saturated heterocycles. The summed E-state index contributed by atoms with van der Waals surface area (Å²) < 4.78 is 10.0. The summed E-state index contributed by atoms with van der Waals surface area (Å²) in [6.45, 7) is 5.84. The molecule has 4 rings (SSSR count). The Balaban J connectivity index is 0.000000401. The minimum atomic E-state index is -0.288. The molecule has 0 radical (unpaired) electrons. The quantitative estimate of drug-likeness (QED) is 0.0780. The van der Waals surface area contributed by atoms with Crippen molar-refractivity contribution < 1.29 is 23.9 Å². The van der Waals surface area contributed by atoms with Crippen LogP contribution in [0.1, 0.15) is 103 Å². The zero-order valence-corrected chi connectivity index (χ0v) is 25.6. The average molecular weight is 574 g/mol. The van der Waals surface area contributed by atoms with Gasteiger partial charge in [-0.1, -0.05) is 94.7 Å². The number of unbranched alkanes of at least 4 members (excludes halogenated alkanes) is 9. The fourth-order valence-corrected chi connectivity index (χ4v) is 5.12. The molecule has 0 fully saturated rings. The normalized spacial score (nSPS) is 10.9. The first-order valence-corrected chi connectivity index (χ1v) is 15.7. The van der Waals surface area contributed by atoms with Crippen LogP contribution in [0, 0.1) is 10.4 Å². The molecule has 2 aliphatic carbocycles. The maximum atomic E-state index is 11.7. The van der Waals surface area contributed by atoms with Gasteiger partial charge >= 0.3 is 11.9 Å². The molecule has 0 spiro atoms. The van der Waals surface area contributed by atoms with E-state index in [0.29, 0.717) is 17.9 Å². The van der Waals surface area contributed by atoms with Crippen molar-refractivity contribution in [3.05, 3.63) is 70.6 Å². The van der Waals surface area contributed by atoms with E-state index >= 15 is 0 Å². The van der Waals surface area contributed by atoms with Crippen molar-refractivity contribution in [3.8, 4) is 11.5 Å². The number of rotatable bonds is 17. The van der Waals surface area contributed by atoms with Crippen molar-refractivity contribution >= 4 is 28.6 Å². The molecule has 0 unspecified atom stereocenters. The summed E-state index contributed by atoms with van der Waals surface area (Å²) in [4.78, 5) is 33.3. The third-order valence-corrected chi connectivity index (χ3v) is 7.45. The lowest BCUT2D eigenvalue weighted by molar-refractivity contribution is -0.132. The zero-order chi connectivity index (χ0) is 30.2. The SMILES string of the molecule is CC(=O)Oc1cc2ccc1=2.CCCCCNC(=O)CCCCCCCCCCc1cccc2cc(OC(C)=O)ccc12. The molecule has 6 nitrogen and oxygen atoms in total. The highest BCUT2D eigenvalue weighted by molar-refractivity contribution is 5.87. The Morgan fingerprint density at radius 1 is 0.714 bits per heavy atom. The summed E-state index contributed by atoms with van der Waals surface area (Å²) in [5.74, 6) is 0.999. The van der Waals surface area contributed by atoms with Crippen LogP contribution in [0.2, 0.25) is 0 Å². The summed E-state index contributed by atoms with van der Waals surface area (Å²) in [7, 11) is 0. The summed E-state index contributed by atoms with van der Waals surface area (Å²) in [5.41, 5.74) is 1.37. The molecule has 2 aliphatic rings. The largest absolute Gasteiger partial charge is 0.427 e. The Morgan fingerprint density at radius 2 is 1.43 bits per heavy atom. The van der Waals surface area contributed by atoms with Gasteiger partial charge in [0.25, 0.3) is 0 Å². The fraction of sp³-hybridized carbons (Fsp3) is 0.472. The molecule has 0 heterocycles. The second-order valence-electron chi connectivity index (χ2n) is 11.1. The van der Waals surface area contributed by atoms with Crippen molar-refractivity contribution in [3.63, 3.8) is 0 Å². The third-order valence-electron chi connectivity index (χ3n) is 7.45. The van der Waals surface area contributed by atoms with Crippen LogP contribution in [0.5, 0.6) is 11.5 Å². The summed E-state index contributed by atoms with van der Waals surface area (Å²) >= 11 is 0. The summed E-state index contributed by atoms with van der Waals surface area (Å²) in [6.07, 6.45) is 14.9. The molecule has 0 aromatic heterocycles. The Bertz CT molecular complexity index is 1410. The highest BCUT2D eigenvalue weighted by Gasteiger charge is 2.08. The van der Waals surface area contributed by atoms with Crippen LogP contribution in [0.25, 0.3) is 10.8 Å². The number of fused-ring (bicyclic) bond motifs is 1. The van der Waals surface area contributed by atoms with E-state index in [0.717, 1.165) is 42.8 Å². The van der Waals surface area contributed by atoms with Crippen LogP contribution in [0.15, 0.2) is 54.6 Å². The zero-order valence-electron chi connectivity index (χ0n) is 25.6. The van der Waals surface area contributed by atoms with Crippen molar-refractivity contribution in [2.75, 3.05) is 6.54 Å². The molecule has 0 saturated carbocycles. The van der Waals surface area contributed by atoms with Gasteiger partial charge in [0.2, 0.25) is 5.91 Å². The first-order chi connectivity index (χ1) is 20.4. The van der Waals surface area contributed by atoms with Crippen LogP contribution in [0.3, 0.4) is 0 Å². The molecule has 2 aromatic rings. The second-order valence-corrected chi connectivity index (χ2v) is 11.1. The first kappa shape index (κ1) is 32.8. The van der Waals surface area contributed by atoms with E-state index in [9.17, 15) is 14.4 Å². The predicted molar refractivity (Wildman–Crippen MR) is 168 cm³/mol. The molecule has 6 heteroatoms. The van der Waals surface area contributed by atoms with E-state index in [-0.39, 0.29) is 17.8 Å². The number of esters is 2. The molecule has 1 N–H and O–H groups in total. The van der Waals surface area contributed by atoms with Crippen LogP contribution in [-0.4, -0.2) is 24.4 Å². The number of carbonyl (C=O) groups excluding carboxylic acids is 3. The van der Waals surface area contributed by atoms with Crippen molar-refractivity contribution in [1.82, 2.24) is 5.32 Å². The Morgan fingerprint density at radius 3 is 2.05 bits per heavy atom. The lowest BCUT2D eigenvalue weighted by Gasteiger charge is -2.09. The molecule has 0 atom stereocenters. The van der Waals surface area contributed by atoms with E-state index in [2.05, 4.69) is 36.5 Å². The van der Waals surface area contributed by atoms with E-state index in [1.165, 1.54) is 81.4 Å². The number of nitrogens with one attached hydrogen (secondary N) is 1. The highest BCUT2D eigenvalue weighted by atomic mass is 16.5. The number of carbonyl (C=O) groups is 3. The van der Waals surface area contributed by atoms with Gasteiger partial charge in [0.15, 0.2) is 0 Å². The maximum absolute atomic E-state index is 11.7. The molecule has 42 heavy (non-hydrogen) atoms. The molecule has 0 bridgehead atoms. The van der Waals surface area contributed by atoms with E-state index in [1.54, 1.807) is 0 Å². The number of hydrogen-bond donors (Lipinski definition) is 1. The van der Waals surface area contributed by atoms with E-state index in [1.807, 2.05) is 30.3 Å². The van der Waals surface area contributed by atoms with Gasteiger partial charge in [-0.2, -0.15) is 0 Å². The van der Waals surface area contributed by atoms with Crippen LogP contribution in [-0.2, 0) is 20.8 Å². The van der Waals surface area contributed by atoms with Crippen LogP contribution < -0.4 is 14.8 Å². The van der Waals surface area contributed by atoms with Crippen LogP contribution >= 0.6 is 0 Å². The molecular weight excluding hydrogens is 526 g/mol. The Labute approximate surface area is 250 Å². The van der Waals surface area contributed by atoms with Crippen molar-refractivity contribution in [2.45, 2.75) is 104 Å². The minimum Gasteiger partial charge on any atom is -0.427 e. The van der Waals surface area contributed by atoms with Crippen molar-refractivity contribution in [1.29, 1.82) is 0 Å². The van der Waals surface area contributed by atoms with E-state index < -0.39 is 0 Å². The number of amides is 1. The lowest BCUT2D eigenvalue weighted by Crippen LogP contribution is -2.23. The van der Waals surface area contributed by atoms with Gasteiger partial charge in [-0.05, 0) is 65.4 Å².